The Balaban J connectivity index is 1.82. The topological polar surface area (TPSA) is 65.0 Å². The van der Waals surface area contributed by atoms with Crippen molar-refractivity contribution in [2.24, 2.45) is 10.9 Å². The standard InChI is InChI=1S/C15H30N4O2S/c1-3-16-15(19-7-4-5-14(2)13-19)17-6-8-18-9-11-22(20,21)12-10-18/h14H,3-13H2,1-2H3,(H,16,17). The van der Waals surface area contributed by atoms with E-state index in [9.17, 15) is 8.42 Å². The Kier molecular flexibility index (Phi) is 6.50. The number of sulfone groups is 1. The van der Waals surface area contributed by atoms with E-state index in [1.807, 2.05) is 0 Å². The van der Waals surface area contributed by atoms with Gasteiger partial charge >= 0.3 is 0 Å². The number of hydrogen-bond acceptors (Lipinski definition) is 4. The summed E-state index contributed by atoms with van der Waals surface area (Å²) in [6, 6.07) is 0. The third-order valence-electron chi connectivity index (χ3n) is 4.41. The second-order valence-electron chi connectivity index (χ2n) is 6.42. The van der Waals surface area contributed by atoms with Gasteiger partial charge < -0.3 is 10.2 Å². The Morgan fingerprint density at radius 3 is 2.64 bits per heavy atom. The summed E-state index contributed by atoms with van der Waals surface area (Å²) in [5.41, 5.74) is 0. The predicted molar refractivity (Wildman–Crippen MR) is 91.0 cm³/mol. The summed E-state index contributed by atoms with van der Waals surface area (Å²) in [7, 11) is -2.79. The predicted octanol–water partition coefficient (Wildman–Crippen LogP) is 0.414. The van der Waals surface area contributed by atoms with Crippen LogP contribution in [0.1, 0.15) is 26.7 Å². The summed E-state index contributed by atoms with van der Waals surface area (Å²) in [6.45, 7) is 10.3. The SMILES string of the molecule is CCNC(=NCCN1CCS(=O)(=O)CC1)N1CCCC(C)C1. The highest BCUT2D eigenvalue weighted by Gasteiger charge is 2.22. The lowest BCUT2D eigenvalue weighted by Gasteiger charge is -2.33. The van der Waals surface area contributed by atoms with Crippen molar-refractivity contribution in [2.75, 3.05) is 57.3 Å². The molecule has 7 heteroatoms. The number of guanidine groups is 1. The maximum Gasteiger partial charge on any atom is 0.193 e. The maximum atomic E-state index is 11.4. The normalized spacial score (nSPS) is 26.9. The minimum Gasteiger partial charge on any atom is -0.357 e. The Hall–Kier alpha value is -0.820. The van der Waals surface area contributed by atoms with Gasteiger partial charge in [0.25, 0.3) is 0 Å². The highest BCUT2D eigenvalue weighted by atomic mass is 32.2. The summed E-state index contributed by atoms with van der Waals surface area (Å²) in [6.07, 6.45) is 2.54. The monoisotopic (exact) mass is 330 g/mol. The van der Waals surface area contributed by atoms with Crippen LogP contribution in [-0.2, 0) is 9.84 Å². The fourth-order valence-electron chi connectivity index (χ4n) is 3.08. The summed E-state index contributed by atoms with van der Waals surface area (Å²) >= 11 is 0. The molecule has 22 heavy (non-hydrogen) atoms. The molecule has 2 rings (SSSR count). The molecule has 2 aliphatic heterocycles. The van der Waals surface area contributed by atoms with Crippen LogP contribution in [0.15, 0.2) is 4.99 Å². The molecule has 2 fully saturated rings. The zero-order valence-electron chi connectivity index (χ0n) is 13.9. The average Bonchev–Trinajstić information content (AvgIpc) is 2.48. The highest BCUT2D eigenvalue weighted by molar-refractivity contribution is 7.91. The first-order valence-corrected chi connectivity index (χ1v) is 10.3. The molecule has 128 valence electrons. The molecule has 1 N–H and O–H groups in total. The quantitative estimate of drug-likeness (QED) is 0.598. The molecule has 0 aromatic heterocycles. The van der Waals surface area contributed by atoms with Crippen molar-refractivity contribution in [3.63, 3.8) is 0 Å². The summed E-state index contributed by atoms with van der Waals surface area (Å²) < 4.78 is 22.9. The number of rotatable bonds is 4. The van der Waals surface area contributed by atoms with Crippen molar-refractivity contribution >= 4 is 15.8 Å². The third-order valence-corrected chi connectivity index (χ3v) is 6.02. The van der Waals surface area contributed by atoms with E-state index >= 15 is 0 Å². The van der Waals surface area contributed by atoms with Gasteiger partial charge in [-0.1, -0.05) is 6.92 Å². The van der Waals surface area contributed by atoms with E-state index in [-0.39, 0.29) is 0 Å². The van der Waals surface area contributed by atoms with E-state index in [1.54, 1.807) is 0 Å². The largest absolute Gasteiger partial charge is 0.357 e. The Morgan fingerprint density at radius 1 is 1.27 bits per heavy atom. The fourth-order valence-corrected chi connectivity index (χ4v) is 4.36. The van der Waals surface area contributed by atoms with Crippen molar-refractivity contribution in [3.05, 3.63) is 0 Å². The van der Waals surface area contributed by atoms with Gasteiger partial charge in [-0.2, -0.15) is 0 Å². The van der Waals surface area contributed by atoms with Crippen LogP contribution in [0.5, 0.6) is 0 Å². The van der Waals surface area contributed by atoms with Crippen molar-refractivity contribution in [1.82, 2.24) is 15.1 Å². The summed E-state index contributed by atoms with van der Waals surface area (Å²) in [5.74, 6) is 2.32. The van der Waals surface area contributed by atoms with Gasteiger partial charge in [-0.15, -0.1) is 0 Å². The van der Waals surface area contributed by atoms with Gasteiger partial charge in [0, 0.05) is 39.3 Å². The van der Waals surface area contributed by atoms with Crippen LogP contribution in [0.4, 0.5) is 0 Å². The van der Waals surface area contributed by atoms with E-state index in [1.165, 1.54) is 12.8 Å². The van der Waals surface area contributed by atoms with Crippen LogP contribution < -0.4 is 5.32 Å². The number of nitrogens with zero attached hydrogens (tertiary/aromatic N) is 3. The zero-order valence-corrected chi connectivity index (χ0v) is 14.7. The van der Waals surface area contributed by atoms with E-state index < -0.39 is 9.84 Å². The molecule has 2 heterocycles. The number of nitrogens with one attached hydrogen (secondary N) is 1. The minimum absolute atomic E-state index is 0.292. The zero-order chi connectivity index (χ0) is 16.0. The van der Waals surface area contributed by atoms with E-state index in [4.69, 9.17) is 4.99 Å². The number of hydrogen-bond donors (Lipinski definition) is 1. The first-order chi connectivity index (χ1) is 10.5. The Bertz CT molecular complexity index is 464. The lowest BCUT2D eigenvalue weighted by molar-refractivity contribution is 0.264. The maximum absolute atomic E-state index is 11.4. The first kappa shape index (κ1) is 17.5. The summed E-state index contributed by atoms with van der Waals surface area (Å²) in [5, 5.41) is 3.39. The highest BCUT2D eigenvalue weighted by Crippen LogP contribution is 2.15. The summed E-state index contributed by atoms with van der Waals surface area (Å²) in [4.78, 5) is 9.30. The smallest absolute Gasteiger partial charge is 0.193 e. The molecule has 1 atom stereocenters. The molecule has 0 radical (unpaired) electrons. The molecule has 0 spiro atoms. The molecular weight excluding hydrogens is 300 g/mol. The van der Waals surface area contributed by atoms with Gasteiger partial charge in [-0.3, -0.25) is 9.89 Å². The van der Waals surface area contributed by atoms with E-state index in [2.05, 4.69) is 29.0 Å². The van der Waals surface area contributed by atoms with Gasteiger partial charge in [0.05, 0.1) is 18.1 Å². The lowest BCUT2D eigenvalue weighted by Crippen LogP contribution is -2.46. The van der Waals surface area contributed by atoms with Crippen LogP contribution in [-0.4, -0.2) is 81.5 Å². The Morgan fingerprint density at radius 2 is 2.00 bits per heavy atom. The molecular formula is C15H30N4O2S. The molecule has 1 unspecified atom stereocenters. The number of piperidine rings is 1. The fraction of sp³-hybridized carbons (Fsp3) is 0.933. The molecule has 2 saturated heterocycles. The third kappa shape index (κ3) is 5.43. The average molecular weight is 330 g/mol. The van der Waals surface area contributed by atoms with Crippen LogP contribution in [0.3, 0.4) is 0 Å². The number of likely N-dealkylation sites (tertiary alicyclic amines) is 1. The van der Waals surface area contributed by atoms with Gasteiger partial charge in [0.1, 0.15) is 0 Å². The van der Waals surface area contributed by atoms with Crippen LogP contribution in [0.2, 0.25) is 0 Å². The molecule has 0 amide bonds. The molecule has 0 aromatic rings. The van der Waals surface area contributed by atoms with Crippen molar-refractivity contribution < 1.29 is 8.42 Å². The van der Waals surface area contributed by atoms with Crippen molar-refractivity contribution in [2.45, 2.75) is 26.7 Å². The van der Waals surface area contributed by atoms with Gasteiger partial charge in [0.15, 0.2) is 15.8 Å². The molecule has 0 aromatic carbocycles. The van der Waals surface area contributed by atoms with E-state index in [0.29, 0.717) is 24.6 Å². The molecule has 0 bridgehead atoms. The Labute approximate surface area is 134 Å². The first-order valence-electron chi connectivity index (χ1n) is 8.46. The molecule has 2 aliphatic rings. The van der Waals surface area contributed by atoms with Crippen LogP contribution in [0.25, 0.3) is 0 Å². The molecule has 0 saturated carbocycles. The van der Waals surface area contributed by atoms with Gasteiger partial charge in [0.2, 0.25) is 0 Å². The molecule has 6 nitrogen and oxygen atoms in total. The molecule has 0 aliphatic carbocycles. The van der Waals surface area contributed by atoms with E-state index in [0.717, 1.165) is 44.6 Å². The van der Waals surface area contributed by atoms with Crippen molar-refractivity contribution in [1.29, 1.82) is 0 Å². The lowest BCUT2D eigenvalue weighted by atomic mass is 10.0. The van der Waals surface area contributed by atoms with Crippen LogP contribution >= 0.6 is 0 Å². The van der Waals surface area contributed by atoms with Gasteiger partial charge in [-0.05, 0) is 25.7 Å². The van der Waals surface area contributed by atoms with Gasteiger partial charge in [-0.25, -0.2) is 8.42 Å². The van der Waals surface area contributed by atoms with Crippen molar-refractivity contribution in [3.8, 4) is 0 Å². The second-order valence-corrected chi connectivity index (χ2v) is 8.73. The number of aliphatic imine (C=N–C) groups is 1. The van der Waals surface area contributed by atoms with Crippen LogP contribution in [0, 0.1) is 5.92 Å². The minimum atomic E-state index is -2.79. The second kappa shape index (κ2) is 8.15.